The summed E-state index contributed by atoms with van der Waals surface area (Å²) in [6, 6.07) is 9.23. The smallest absolute Gasteiger partial charge is 0.382 e. The van der Waals surface area contributed by atoms with Crippen molar-refractivity contribution < 1.29 is 22.7 Å². The van der Waals surface area contributed by atoms with Crippen molar-refractivity contribution in [2.24, 2.45) is 10.7 Å². The molecule has 8 nitrogen and oxygen atoms in total. The maximum absolute atomic E-state index is 13.1. The van der Waals surface area contributed by atoms with E-state index >= 15 is 0 Å². The van der Waals surface area contributed by atoms with Crippen molar-refractivity contribution in [3.8, 4) is 0 Å². The fourth-order valence-electron chi connectivity index (χ4n) is 3.52. The molecule has 1 aliphatic rings. The number of anilines is 1. The lowest BCUT2D eigenvalue weighted by molar-refractivity contribution is -0.134. The summed E-state index contributed by atoms with van der Waals surface area (Å²) in [7, 11) is 1.88. The molecule has 0 radical (unpaired) electrons. The van der Waals surface area contributed by atoms with Crippen molar-refractivity contribution >= 4 is 23.9 Å². The van der Waals surface area contributed by atoms with Gasteiger partial charge in [-0.05, 0) is 55.3 Å². The zero-order valence-electron chi connectivity index (χ0n) is 20.1. The van der Waals surface area contributed by atoms with E-state index in [1.54, 1.807) is 23.1 Å². The van der Waals surface area contributed by atoms with Crippen LogP contribution in [0.25, 0.3) is 0 Å². The van der Waals surface area contributed by atoms with E-state index in [2.05, 4.69) is 21.4 Å². The quantitative estimate of drug-likeness (QED) is 0.359. The number of rotatable bonds is 9. The van der Waals surface area contributed by atoms with Crippen molar-refractivity contribution in [1.29, 1.82) is 5.41 Å². The molecule has 35 heavy (non-hydrogen) atoms. The molecule has 1 aromatic carbocycles. The zero-order valence-corrected chi connectivity index (χ0v) is 20.1. The van der Waals surface area contributed by atoms with E-state index in [9.17, 15) is 18.0 Å². The Hall–Kier alpha value is -3.31. The fourth-order valence-corrected chi connectivity index (χ4v) is 3.52. The first-order valence-corrected chi connectivity index (χ1v) is 11.2. The van der Waals surface area contributed by atoms with Crippen molar-refractivity contribution in [3.63, 3.8) is 0 Å². The Morgan fingerprint density at radius 1 is 1.34 bits per heavy atom. The maximum Gasteiger partial charge on any atom is 0.389 e. The van der Waals surface area contributed by atoms with Crippen LogP contribution < -0.4 is 16.0 Å². The van der Waals surface area contributed by atoms with Crippen LogP contribution in [0.1, 0.15) is 59.4 Å². The Labute approximate surface area is 202 Å². The lowest BCUT2D eigenvalue weighted by atomic mass is 9.99. The Bertz CT molecular complexity index is 1060. The molecule has 0 bridgehead atoms. The van der Waals surface area contributed by atoms with E-state index in [1.165, 1.54) is 6.92 Å². The lowest BCUT2D eigenvalue weighted by Gasteiger charge is -2.15. The topological polar surface area (TPSA) is 117 Å². The van der Waals surface area contributed by atoms with Gasteiger partial charge >= 0.3 is 6.18 Å². The summed E-state index contributed by atoms with van der Waals surface area (Å²) in [4.78, 5) is 23.0. The number of aromatic nitrogens is 1. The van der Waals surface area contributed by atoms with Gasteiger partial charge in [-0.2, -0.15) is 13.2 Å². The summed E-state index contributed by atoms with van der Waals surface area (Å²) < 4.78 is 38.7. The van der Waals surface area contributed by atoms with E-state index < -0.39 is 12.6 Å². The van der Waals surface area contributed by atoms with Gasteiger partial charge in [-0.15, -0.1) is 0 Å². The number of amides is 1. The third-order valence-corrected chi connectivity index (χ3v) is 5.04. The highest BCUT2D eigenvalue weighted by Gasteiger charge is 2.32. The Morgan fingerprint density at radius 3 is 2.66 bits per heavy atom. The van der Waals surface area contributed by atoms with Gasteiger partial charge in [-0.1, -0.05) is 19.1 Å². The number of fused-ring (bicyclic) bond motifs is 1. The molecule has 2 heterocycles. The zero-order chi connectivity index (χ0) is 26.0. The molecule has 11 heteroatoms. The number of hydrogen-bond donors (Lipinski definition) is 3. The molecule has 0 unspecified atom stereocenters. The maximum atomic E-state index is 13.1. The highest BCUT2D eigenvalue weighted by atomic mass is 19.4. The predicted molar refractivity (Wildman–Crippen MR) is 130 cm³/mol. The Kier molecular flexibility index (Phi) is 10.3. The van der Waals surface area contributed by atoms with Gasteiger partial charge in [-0.25, -0.2) is 9.98 Å². The summed E-state index contributed by atoms with van der Waals surface area (Å²) in [5.74, 6) is 0.539. The summed E-state index contributed by atoms with van der Waals surface area (Å²) in [5, 5.41) is 10.2. The number of alkyl halides is 3. The molecule has 4 N–H and O–H groups in total. The van der Waals surface area contributed by atoms with Gasteiger partial charge in [-0.3, -0.25) is 15.1 Å². The van der Waals surface area contributed by atoms with Gasteiger partial charge in [0.05, 0.1) is 13.2 Å². The van der Waals surface area contributed by atoms with E-state index in [0.29, 0.717) is 43.4 Å². The van der Waals surface area contributed by atoms with Gasteiger partial charge in [0, 0.05) is 25.1 Å². The second-order valence-corrected chi connectivity index (χ2v) is 7.73. The van der Waals surface area contributed by atoms with Crippen LogP contribution in [0, 0.1) is 5.41 Å². The van der Waals surface area contributed by atoms with Crippen LogP contribution in [0.2, 0.25) is 0 Å². The number of pyridine rings is 1. The van der Waals surface area contributed by atoms with Gasteiger partial charge in [0.2, 0.25) is 0 Å². The number of aliphatic imine (C=N–C) groups is 1. The van der Waals surface area contributed by atoms with Gasteiger partial charge < -0.3 is 15.8 Å². The lowest BCUT2D eigenvalue weighted by Crippen LogP contribution is -2.25. The van der Waals surface area contributed by atoms with Crippen molar-refractivity contribution in [1.82, 2.24) is 10.3 Å². The summed E-state index contributed by atoms with van der Waals surface area (Å²) in [6.07, 6.45) is -3.56. The number of nitrogens with zero attached hydrogens (tertiary/aromatic N) is 3. The van der Waals surface area contributed by atoms with Crippen molar-refractivity contribution in [3.05, 3.63) is 58.3 Å². The SMILES string of the molecule is CCCC(F)(F)F.CCOCc1cc(CNC)c2c(c1)C(=O)N(c1cccc(C(N)=NC=N)n1)C2. The number of halogens is 3. The molecule has 2 aromatic rings. The van der Waals surface area contributed by atoms with Crippen molar-refractivity contribution in [2.45, 2.75) is 52.6 Å². The minimum Gasteiger partial charge on any atom is -0.382 e. The second kappa shape index (κ2) is 13.0. The number of ether oxygens (including phenoxy) is 1. The van der Waals surface area contributed by atoms with Crippen LogP contribution >= 0.6 is 0 Å². The van der Waals surface area contributed by atoms with E-state index in [4.69, 9.17) is 15.9 Å². The first kappa shape index (κ1) is 27.9. The molecule has 1 amide bonds. The van der Waals surface area contributed by atoms with Crippen LogP contribution in [0.3, 0.4) is 0 Å². The molecular formula is C24H31F3N6O2. The molecule has 0 saturated carbocycles. The molecule has 0 fully saturated rings. The molecule has 1 aliphatic heterocycles. The minimum atomic E-state index is -3.95. The molecule has 0 atom stereocenters. The number of amidine groups is 1. The normalized spacial score (nSPS) is 13.4. The van der Waals surface area contributed by atoms with Crippen LogP contribution in [-0.2, 0) is 24.4 Å². The van der Waals surface area contributed by atoms with Gasteiger partial charge in [0.15, 0.2) is 5.84 Å². The average Bonchev–Trinajstić information content (AvgIpc) is 3.14. The minimum absolute atomic E-state index is 0.0992. The van der Waals surface area contributed by atoms with Crippen molar-refractivity contribution in [2.75, 3.05) is 18.6 Å². The number of hydrogen-bond acceptors (Lipinski definition) is 5. The number of benzene rings is 1. The average molecular weight is 493 g/mol. The van der Waals surface area contributed by atoms with Gasteiger partial charge in [0.25, 0.3) is 5.91 Å². The molecule has 190 valence electrons. The summed E-state index contributed by atoms with van der Waals surface area (Å²) >= 11 is 0. The standard InChI is InChI=1S/C20H24N6O2.C4H7F3/c1-3-28-11-13-7-14(9-23-2)16-10-26(20(27)15(16)8-13)18-6-4-5-17(25-18)19(22)24-12-21;1-2-3-4(5,6)7/h4-8,12,23H,3,9-11H2,1-2H3,(H3,21,22,24);2-3H2,1H3. The number of carbonyl (C=O) groups excluding carboxylic acids is 1. The second-order valence-electron chi connectivity index (χ2n) is 7.73. The number of carbonyl (C=O) groups is 1. The highest BCUT2D eigenvalue weighted by molar-refractivity contribution is 6.10. The molecule has 0 saturated heterocycles. The summed E-state index contributed by atoms with van der Waals surface area (Å²) in [5.41, 5.74) is 9.98. The number of nitrogens with two attached hydrogens (primary N) is 1. The van der Waals surface area contributed by atoms with Gasteiger partial charge in [0.1, 0.15) is 17.9 Å². The first-order chi connectivity index (χ1) is 16.6. The molecule has 3 rings (SSSR count). The third kappa shape index (κ3) is 7.86. The van der Waals surface area contributed by atoms with E-state index in [0.717, 1.165) is 23.0 Å². The Balaban J connectivity index is 0.000000540. The molecular weight excluding hydrogens is 461 g/mol. The molecule has 0 spiro atoms. The fraction of sp³-hybridized carbons (Fsp3) is 0.417. The predicted octanol–water partition coefficient (Wildman–Crippen LogP) is 4.16. The summed E-state index contributed by atoms with van der Waals surface area (Å²) in [6.45, 7) is 5.65. The van der Waals surface area contributed by atoms with Crippen LogP contribution in [0.15, 0.2) is 35.3 Å². The van der Waals surface area contributed by atoms with Crippen LogP contribution in [-0.4, -0.2) is 42.9 Å². The number of nitrogens with one attached hydrogen (secondary N) is 2. The molecule has 1 aromatic heterocycles. The third-order valence-electron chi connectivity index (χ3n) is 5.04. The Morgan fingerprint density at radius 2 is 2.09 bits per heavy atom. The van der Waals surface area contributed by atoms with Crippen LogP contribution in [0.4, 0.5) is 19.0 Å². The van der Waals surface area contributed by atoms with E-state index in [-0.39, 0.29) is 18.2 Å². The van der Waals surface area contributed by atoms with Crippen LogP contribution in [0.5, 0.6) is 0 Å². The largest absolute Gasteiger partial charge is 0.389 e. The molecule has 0 aliphatic carbocycles. The first-order valence-electron chi connectivity index (χ1n) is 11.2. The van der Waals surface area contributed by atoms with E-state index in [1.807, 2.05) is 20.0 Å². The highest BCUT2D eigenvalue weighted by Crippen LogP contribution is 2.31. The monoisotopic (exact) mass is 492 g/mol.